The van der Waals surface area contributed by atoms with E-state index >= 15 is 0 Å². The summed E-state index contributed by atoms with van der Waals surface area (Å²) in [5, 5.41) is 6.83. The van der Waals surface area contributed by atoms with Crippen molar-refractivity contribution >= 4 is 15.9 Å². The summed E-state index contributed by atoms with van der Waals surface area (Å²) < 4.78 is 35.8. The highest BCUT2D eigenvalue weighted by molar-refractivity contribution is 7.88. The number of aryl methyl sites for hydroxylation is 2. The van der Waals surface area contributed by atoms with Gasteiger partial charge in [-0.05, 0) is 39.5 Å². The molecule has 29 heavy (non-hydrogen) atoms. The molecule has 1 N–H and O–H groups in total. The lowest BCUT2D eigenvalue weighted by molar-refractivity contribution is 0.00747. The first-order valence-electron chi connectivity index (χ1n) is 10.3. The van der Waals surface area contributed by atoms with Crippen molar-refractivity contribution in [3.05, 3.63) is 17.0 Å². The topological polar surface area (TPSA) is 105 Å². The number of ether oxygens (including phenoxy) is 1. The first kappa shape index (κ1) is 22.2. The van der Waals surface area contributed by atoms with Crippen LogP contribution in [0.4, 0.5) is 0 Å². The fourth-order valence-electron chi connectivity index (χ4n) is 4.38. The number of piperidine rings is 1. The SMILES string of the molecule is Cc1noc(C)c1C(=O)NCCN(C1CCOCC1)C1CCN(S(C)(=O)=O)CC1. The van der Waals surface area contributed by atoms with Crippen LogP contribution >= 0.6 is 0 Å². The van der Waals surface area contributed by atoms with Crippen molar-refractivity contribution in [2.24, 2.45) is 0 Å². The molecule has 2 fully saturated rings. The van der Waals surface area contributed by atoms with Crippen LogP contribution in [0.15, 0.2) is 4.52 Å². The maximum Gasteiger partial charge on any atom is 0.256 e. The van der Waals surface area contributed by atoms with Crippen molar-refractivity contribution in [3.63, 3.8) is 0 Å². The number of sulfonamides is 1. The third-order valence-electron chi connectivity index (χ3n) is 5.94. The molecule has 0 atom stereocenters. The number of rotatable bonds is 7. The van der Waals surface area contributed by atoms with Crippen LogP contribution in [0.25, 0.3) is 0 Å². The molecule has 10 heteroatoms. The number of aromatic nitrogens is 1. The Kier molecular flexibility index (Phi) is 7.31. The number of nitrogens with zero attached hydrogens (tertiary/aromatic N) is 3. The molecule has 0 aliphatic carbocycles. The predicted octanol–water partition coefficient (Wildman–Crippen LogP) is 0.926. The third kappa shape index (κ3) is 5.56. The molecule has 0 bridgehead atoms. The summed E-state index contributed by atoms with van der Waals surface area (Å²) >= 11 is 0. The van der Waals surface area contributed by atoms with Crippen LogP contribution in [0.5, 0.6) is 0 Å². The molecule has 9 nitrogen and oxygen atoms in total. The van der Waals surface area contributed by atoms with Gasteiger partial charge in [0.15, 0.2) is 0 Å². The number of hydrogen-bond acceptors (Lipinski definition) is 7. The van der Waals surface area contributed by atoms with Crippen molar-refractivity contribution in [1.82, 2.24) is 19.7 Å². The Morgan fingerprint density at radius 2 is 1.79 bits per heavy atom. The molecule has 2 aliphatic heterocycles. The van der Waals surface area contributed by atoms with Crippen molar-refractivity contribution in [3.8, 4) is 0 Å². The highest BCUT2D eigenvalue weighted by Gasteiger charge is 2.32. The maximum atomic E-state index is 12.5. The molecule has 164 valence electrons. The van der Waals surface area contributed by atoms with Gasteiger partial charge >= 0.3 is 0 Å². The van der Waals surface area contributed by atoms with Gasteiger partial charge in [0, 0.05) is 51.5 Å². The molecule has 0 unspecified atom stereocenters. The highest BCUT2D eigenvalue weighted by Crippen LogP contribution is 2.24. The van der Waals surface area contributed by atoms with E-state index in [0.29, 0.717) is 48.7 Å². The Bertz CT molecular complexity index is 776. The molecule has 2 saturated heterocycles. The zero-order valence-electron chi connectivity index (χ0n) is 17.5. The van der Waals surface area contributed by atoms with E-state index in [2.05, 4.69) is 15.4 Å². The first-order valence-corrected chi connectivity index (χ1v) is 12.1. The summed E-state index contributed by atoms with van der Waals surface area (Å²) in [7, 11) is -3.14. The zero-order chi connectivity index (χ0) is 21.0. The minimum Gasteiger partial charge on any atom is -0.381 e. The summed E-state index contributed by atoms with van der Waals surface area (Å²) in [4.78, 5) is 15.0. The van der Waals surface area contributed by atoms with Crippen LogP contribution in [-0.4, -0.2) is 86.4 Å². The second-order valence-electron chi connectivity index (χ2n) is 7.93. The van der Waals surface area contributed by atoms with E-state index in [4.69, 9.17) is 9.26 Å². The summed E-state index contributed by atoms with van der Waals surface area (Å²) in [5.74, 6) is 0.356. The number of carbonyl (C=O) groups excluding carboxylic acids is 1. The van der Waals surface area contributed by atoms with Gasteiger partial charge in [-0.15, -0.1) is 0 Å². The second-order valence-corrected chi connectivity index (χ2v) is 9.91. The third-order valence-corrected chi connectivity index (χ3v) is 7.24. The largest absolute Gasteiger partial charge is 0.381 e. The smallest absolute Gasteiger partial charge is 0.256 e. The monoisotopic (exact) mass is 428 g/mol. The van der Waals surface area contributed by atoms with E-state index in [-0.39, 0.29) is 5.91 Å². The summed E-state index contributed by atoms with van der Waals surface area (Å²) in [6.45, 7) is 7.33. The van der Waals surface area contributed by atoms with E-state index in [1.807, 2.05) is 0 Å². The van der Waals surface area contributed by atoms with Gasteiger partial charge in [0.1, 0.15) is 11.3 Å². The van der Waals surface area contributed by atoms with Gasteiger partial charge in [0.25, 0.3) is 5.91 Å². The van der Waals surface area contributed by atoms with Crippen LogP contribution in [0.3, 0.4) is 0 Å². The fraction of sp³-hybridized carbons (Fsp3) is 0.789. The lowest BCUT2D eigenvalue weighted by Crippen LogP contribution is -2.53. The molecular formula is C19H32N4O5S. The number of amides is 1. The van der Waals surface area contributed by atoms with Crippen molar-refractivity contribution < 1.29 is 22.5 Å². The molecule has 1 aromatic rings. The Balaban J connectivity index is 1.60. The molecular weight excluding hydrogens is 396 g/mol. The summed E-state index contributed by atoms with van der Waals surface area (Å²) in [6.07, 6.45) is 4.81. The van der Waals surface area contributed by atoms with Crippen LogP contribution in [0, 0.1) is 13.8 Å². The van der Waals surface area contributed by atoms with E-state index in [1.54, 1.807) is 18.2 Å². The van der Waals surface area contributed by atoms with Gasteiger partial charge in [-0.3, -0.25) is 9.69 Å². The zero-order valence-corrected chi connectivity index (χ0v) is 18.3. The lowest BCUT2D eigenvalue weighted by Gasteiger charge is -2.43. The molecule has 0 aromatic carbocycles. The normalized spacial score (nSPS) is 20.3. The quantitative estimate of drug-likeness (QED) is 0.689. The standard InChI is InChI=1S/C19H32N4O5S/c1-14-18(15(2)28-21-14)19(24)20-8-11-23(17-6-12-27-13-7-17)16-4-9-22(10-5-16)29(3,25)26/h16-17H,4-13H2,1-3H3,(H,20,24). The van der Waals surface area contributed by atoms with Gasteiger partial charge in [0.2, 0.25) is 10.0 Å². The minimum atomic E-state index is -3.14. The number of hydrogen-bond donors (Lipinski definition) is 1. The number of carbonyl (C=O) groups is 1. The van der Waals surface area contributed by atoms with Crippen LogP contribution in [-0.2, 0) is 14.8 Å². The Hall–Kier alpha value is -1.49. The molecule has 2 aliphatic rings. The Morgan fingerprint density at radius 3 is 2.34 bits per heavy atom. The fourth-order valence-corrected chi connectivity index (χ4v) is 5.25. The molecule has 0 spiro atoms. The van der Waals surface area contributed by atoms with Crippen molar-refractivity contribution in [2.75, 3.05) is 45.6 Å². The van der Waals surface area contributed by atoms with Crippen molar-refractivity contribution in [1.29, 1.82) is 0 Å². The van der Waals surface area contributed by atoms with E-state index in [0.717, 1.165) is 45.4 Å². The molecule has 1 aromatic heterocycles. The minimum absolute atomic E-state index is 0.167. The van der Waals surface area contributed by atoms with Gasteiger partial charge in [-0.25, -0.2) is 12.7 Å². The lowest BCUT2D eigenvalue weighted by atomic mass is 9.98. The first-order chi connectivity index (χ1) is 13.8. The van der Waals surface area contributed by atoms with E-state index < -0.39 is 10.0 Å². The van der Waals surface area contributed by atoms with Gasteiger partial charge in [-0.1, -0.05) is 5.16 Å². The molecule has 0 saturated carbocycles. The van der Waals surface area contributed by atoms with Crippen LogP contribution < -0.4 is 5.32 Å². The van der Waals surface area contributed by atoms with Crippen LogP contribution in [0.1, 0.15) is 47.5 Å². The average molecular weight is 429 g/mol. The number of nitrogens with one attached hydrogen (secondary N) is 1. The molecule has 0 radical (unpaired) electrons. The second kappa shape index (κ2) is 9.55. The predicted molar refractivity (Wildman–Crippen MR) is 108 cm³/mol. The Morgan fingerprint density at radius 1 is 1.17 bits per heavy atom. The average Bonchev–Trinajstić information content (AvgIpc) is 3.03. The van der Waals surface area contributed by atoms with Crippen LogP contribution in [0.2, 0.25) is 0 Å². The molecule has 3 heterocycles. The van der Waals surface area contributed by atoms with Gasteiger partial charge in [0.05, 0.1) is 11.9 Å². The van der Waals surface area contributed by atoms with E-state index in [9.17, 15) is 13.2 Å². The molecule has 3 rings (SSSR count). The van der Waals surface area contributed by atoms with E-state index in [1.165, 1.54) is 6.26 Å². The maximum absolute atomic E-state index is 12.5. The Labute approximate surface area is 172 Å². The highest BCUT2D eigenvalue weighted by atomic mass is 32.2. The molecule has 1 amide bonds. The van der Waals surface area contributed by atoms with Gasteiger partial charge in [-0.2, -0.15) is 0 Å². The van der Waals surface area contributed by atoms with Gasteiger partial charge < -0.3 is 14.6 Å². The summed E-state index contributed by atoms with van der Waals surface area (Å²) in [5.41, 5.74) is 1.10. The van der Waals surface area contributed by atoms with Crippen molar-refractivity contribution in [2.45, 2.75) is 51.6 Å². The summed E-state index contributed by atoms with van der Waals surface area (Å²) in [6, 6.07) is 0.710.